The van der Waals surface area contributed by atoms with Crippen molar-refractivity contribution in [3.8, 4) is 11.4 Å². The maximum Gasteiger partial charge on any atom is 0.368 e. The Morgan fingerprint density at radius 1 is 1.23 bits per heavy atom. The van der Waals surface area contributed by atoms with Gasteiger partial charge >= 0.3 is 5.69 Å². The second-order valence-electron chi connectivity index (χ2n) is 6.96. The van der Waals surface area contributed by atoms with E-state index >= 15 is 0 Å². The Kier molecular flexibility index (Phi) is 5.64. The second kappa shape index (κ2) is 8.02. The van der Waals surface area contributed by atoms with Crippen molar-refractivity contribution in [1.29, 1.82) is 0 Å². The number of tetrazole rings is 1. The number of hydrogen-bond donors (Lipinski definition) is 3. The summed E-state index contributed by atoms with van der Waals surface area (Å²) in [6.07, 6.45) is 0.925. The largest absolute Gasteiger partial charge is 0.488 e. The lowest BCUT2D eigenvalue weighted by Gasteiger charge is -2.20. The number of anilines is 3. The number of aliphatic hydroxyl groups is 1. The summed E-state index contributed by atoms with van der Waals surface area (Å²) in [5.41, 5.74) is -1.86. The minimum absolute atomic E-state index is 0.0429. The van der Waals surface area contributed by atoms with Gasteiger partial charge in [0.15, 0.2) is 17.5 Å². The van der Waals surface area contributed by atoms with Gasteiger partial charge in [-0.3, -0.25) is 0 Å². The van der Waals surface area contributed by atoms with Crippen molar-refractivity contribution in [3.63, 3.8) is 0 Å². The molecule has 0 unspecified atom stereocenters. The molecule has 0 spiro atoms. The Morgan fingerprint density at radius 3 is 2.57 bits per heavy atom. The standard InChI is InChI=1S/C17H20F2N8O3/c1-17(2,29)8-30-13-5-9(18)11(6-12(13)27-16(28)26(4)24-25-27)22-15-21-7-10(19)14(20-3)23-15/h5-7,29H,8H2,1-4H3,(H2,20,21,22,23). The van der Waals surface area contributed by atoms with Crippen molar-refractivity contribution in [3.05, 3.63) is 40.4 Å². The summed E-state index contributed by atoms with van der Waals surface area (Å²) in [7, 11) is 2.88. The van der Waals surface area contributed by atoms with Gasteiger partial charge in [-0.05, 0) is 30.3 Å². The monoisotopic (exact) mass is 422 g/mol. The number of rotatable bonds is 7. The molecule has 2 aromatic heterocycles. The van der Waals surface area contributed by atoms with E-state index in [0.29, 0.717) is 0 Å². The van der Waals surface area contributed by atoms with E-state index in [-0.39, 0.29) is 35.5 Å². The molecule has 0 fully saturated rings. The number of aryl methyl sites for hydroxylation is 1. The van der Waals surface area contributed by atoms with Crippen LogP contribution < -0.4 is 21.1 Å². The number of aromatic nitrogens is 6. The van der Waals surface area contributed by atoms with Crippen LogP contribution in [0.4, 0.5) is 26.2 Å². The molecule has 0 aliphatic rings. The molecule has 0 saturated heterocycles. The topological polar surface area (TPSA) is 132 Å². The van der Waals surface area contributed by atoms with Crippen molar-refractivity contribution in [1.82, 2.24) is 29.8 Å². The van der Waals surface area contributed by atoms with E-state index < -0.39 is 22.9 Å². The molecule has 0 saturated carbocycles. The van der Waals surface area contributed by atoms with Crippen LogP contribution >= 0.6 is 0 Å². The normalized spacial score (nSPS) is 11.4. The van der Waals surface area contributed by atoms with Crippen LogP contribution in [0.15, 0.2) is 23.1 Å². The highest BCUT2D eigenvalue weighted by Crippen LogP contribution is 2.30. The summed E-state index contributed by atoms with van der Waals surface area (Å²) in [5, 5.41) is 22.5. The Bertz CT molecular complexity index is 1120. The highest BCUT2D eigenvalue weighted by Gasteiger charge is 2.20. The quantitative estimate of drug-likeness (QED) is 0.509. The Labute approximate surface area is 169 Å². The molecule has 11 nitrogen and oxygen atoms in total. The molecule has 0 amide bonds. The number of ether oxygens (including phenoxy) is 1. The first-order valence-corrected chi connectivity index (χ1v) is 8.74. The van der Waals surface area contributed by atoms with Gasteiger partial charge in [-0.1, -0.05) is 0 Å². The molecule has 0 bridgehead atoms. The third kappa shape index (κ3) is 4.51. The van der Waals surface area contributed by atoms with E-state index in [9.17, 15) is 18.7 Å². The van der Waals surface area contributed by atoms with Crippen LogP contribution in [-0.4, -0.2) is 54.1 Å². The summed E-state index contributed by atoms with van der Waals surface area (Å²) < 4.78 is 35.7. The molecule has 0 radical (unpaired) electrons. The predicted octanol–water partition coefficient (Wildman–Crippen LogP) is 0.969. The molecule has 3 rings (SSSR count). The van der Waals surface area contributed by atoms with E-state index in [2.05, 4.69) is 31.0 Å². The first-order chi connectivity index (χ1) is 14.1. The van der Waals surface area contributed by atoms with E-state index in [1.807, 2.05) is 0 Å². The van der Waals surface area contributed by atoms with Crippen LogP contribution in [0.5, 0.6) is 5.75 Å². The average molecular weight is 422 g/mol. The zero-order valence-corrected chi connectivity index (χ0v) is 16.6. The molecule has 30 heavy (non-hydrogen) atoms. The van der Waals surface area contributed by atoms with Gasteiger partial charge in [-0.15, -0.1) is 0 Å². The molecule has 160 valence electrons. The summed E-state index contributed by atoms with van der Waals surface area (Å²) in [6, 6.07) is 2.27. The molecular weight excluding hydrogens is 402 g/mol. The maximum atomic E-state index is 14.7. The van der Waals surface area contributed by atoms with Gasteiger partial charge in [0.2, 0.25) is 5.95 Å². The highest BCUT2D eigenvalue weighted by molar-refractivity contribution is 5.63. The number of halogens is 2. The Balaban J connectivity index is 2.06. The summed E-state index contributed by atoms with van der Waals surface area (Å²) >= 11 is 0. The van der Waals surface area contributed by atoms with Crippen molar-refractivity contribution >= 4 is 17.5 Å². The van der Waals surface area contributed by atoms with Crippen LogP contribution in [0.25, 0.3) is 5.69 Å². The van der Waals surface area contributed by atoms with Gasteiger partial charge in [0.1, 0.15) is 18.0 Å². The summed E-state index contributed by atoms with van der Waals surface area (Å²) in [6.45, 7) is 2.85. The van der Waals surface area contributed by atoms with Gasteiger partial charge < -0.3 is 20.5 Å². The number of nitrogens with zero attached hydrogens (tertiary/aromatic N) is 6. The fraction of sp³-hybridized carbons (Fsp3) is 0.353. The van der Waals surface area contributed by atoms with E-state index in [4.69, 9.17) is 4.74 Å². The highest BCUT2D eigenvalue weighted by atomic mass is 19.1. The van der Waals surface area contributed by atoms with Gasteiger partial charge in [0, 0.05) is 20.2 Å². The Hall–Kier alpha value is -3.61. The third-order valence-corrected chi connectivity index (χ3v) is 3.81. The van der Waals surface area contributed by atoms with Crippen molar-refractivity contribution in [2.24, 2.45) is 7.05 Å². The van der Waals surface area contributed by atoms with Crippen LogP contribution in [0.2, 0.25) is 0 Å². The van der Waals surface area contributed by atoms with Gasteiger partial charge in [-0.2, -0.15) is 14.3 Å². The molecule has 13 heteroatoms. The van der Waals surface area contributed by atoms with Crippen LogP contribution in [0.3, 0.4) is 0 Å². The Morgan fingerprint density at radius 2 is 1.97 bits per heavy atom. The van der Waals surface area contributed by atoms with Gasteiger partial charge in [-0.25, -0.2) is 18.6 Å². The zero-order chi connectivity index (χ0) is 22.1. The van der Waals surface area contributed by atoms with Crippen LogP contribution in [0.1, 0.15) is 13.8 Å². The van der Waals surface area contributed by atoms with E-state index in [0.717, 1.165) is 21.6 Å². The number of hydrogen-bond acceptors (Lipinski definition) is 9. The van der Waals surface area contributed by atoms with E-state index in [1.165, 1.54) is 34.0 Å². The molecular formula is C17H20F2N8O3. The van der Waals surface area contributed by atoms with Crippen LogP contribution in [-0.2, 0) is 7.05 Å². The first kappa shape index (κ1) is 21.1. The lowest BCUT2D eigenvalue weighted by molar-refractivity contribution is 0.0283. The smallest absolute Gasteiger partial charge is 0.368 e. The fourth-order valence-corrected chi connectivity index (χ4v) is 2.36. The molecule has 3 N–H and O–H groups in total. The molecule has 3 aromatic rings. The molecule has 2 heterocycles. The summed E-state index contributed by atoms with van der Waals surface area (Å²) in [4.78, 5) is 20.0. The van der Waals surface area contributed by atoms with Crippen molar-refractivity contribution in [2.45, 2.75) is 19.4 Å². The van der Waals surface area contributed by atoms with Gasteiger partial charge in [0.05, 0.1) is 17.5 Å². The van der Waals surface area contributed by atoms with Gasteiger partial charge in [0.25, 0.3) is 0 Å². The number of benzene rings is 1. The lowest BCUT2D eigenvalue weighted by atomic mass is 10.1. The third-order valence-electron chi connectivity index (χ3n) is 3.81. The number of nitrogens with one attached hydrogen (secondary N) is 2. The predicted molar refractivity (Wildman–Crippen MR) is 103 cm³/mol. The second-order valence-corrected chi connectivity index (χ2v) is 6.96. The lowest BCUT2D eigenvalue weighted by Crippen LogP contribution is -2.29. The molecule has 0 aliphatic heterocycles. The van der Waals surface area contributed by atoms with Crippen LogP contribution in [0, 0.1) is 11.6 Å². The first-order valence-electron chi connectivity index (χ1n) is 8.74. The molecule has 1 aromatic carbocycles. The molecule has 0 aliphatic carbocycles. The fourth-order valence-electron chi connectivity index (χ4n) is 2.36. The average Bonchev–Trinajstić information content (AvgIpc) is 3.01. The summed E-state index contributed by atoms with van der Waals surface area (Å²) in [5.74, 6) is -1.64. The van der Waals surface area contributed by atoms with Crippen molar-refractivity contribution < 1.29 is 18.6 Å². The molecule has 0 atom stereocenters. The zero-order valence-electron chi connectivity index (χ0n) is 16.6. The maximum absolute atomic E-state index is 14.7. The minimum Gasteiger partial charge on any atom is -0.488 e. The minimum atomic E-state index is -1.20. The van der Waals surface area contributed by atoms with Crippen molar-refractivity contribution in [2.75, 3.05) is 24.3 Å². The SMILES string of the molecule is CNc1nc(Nc2cc(-n3nnn(C)c3=O)c(OCC(C)(C)O)cc2F)ncc1F. The van der Waals surface area contributed by atoms with E-state index in [1.54, 1.807) is 0 Å².